The highest BCUT2D eigenvalue weighted by molar-refractivity contribution is 7.71. The number of nitrogens with one attached hydrogen (secondary N) is 2. The van der Waals surface area contributed by atoms with Crippen LogP contribution in [0.1, 0.15) is 0 Å². The first-order valence-electron chi connectivity index (χ1n) is 4.79. The van der Waals surface area contributed by atoms with E-state index in [0.29, 0.717) is 17.2 Å². The SMILES string of the molecule is COc1ccc(-n2c(=O)[nH][nH]c2=S)c(OC)c1. The third-order valence-corrected chi connectivity index (χ3v) is 2.59. The van der Waals surface area contributed by atoms with Crippen LogP contribution in [0.4, 0.5) is 0 Å². The van der Waals surface area contributed by atoms with Gasteiger partial charge in [0.05, 0.1) is 19.9 Å². The van der Waals surface area contributed by atoms with Gasteiger partial charge in [-0.3, -0.25) is 5.10 Å². The summed E-state index contributed by atoms with van der Waals surface area (Å²) in [6, 6.07) is 5.12. The molecule has 90 valence electrons. The first kappa shape index (κ1) is 11.5. The van der Waals surface area contributed by atoms with E-state index in [1.807, 2.05) is 0 Å². The highest BCUT2D eigenvalue weighted by Crippen LogP contribution is 2.26. The summed E-state index contributed by atoms with van der Waals surface area (Å²) in [4.78, 5) is 11.6. The summed E-state index contributed by atoms with van der Waals surface area (Å²) in [5.41, 5.74) is 0.208. The standard InChI is InChI=1S/C10H11N3O3S/c1-15-6-3-4-7(8(5-6)16-2)13-9(14)11-12-10(13)17/h3-5H,1-2H3,(H,11,14)(H,12,17). The Kier molecular flexibility index (Phi) is 3.01. The second-order valence-electron chi connectivity index (χ2n) is 3.23. The molecule has 0 spiro atoms. The molecule has 7 heteroatoms. The molecular weight excluding hydrogens is 242 g/mol. The fourth-order valence-electron chi connectivity index (χ4n) is 1.50. The van der Waals surface area contributed by atoms with Crippen LogP contribution in [0.15, 0.2) is 23.0 Å². The van der Waals surface area contributed by atoms with Crippen molar-refractivity contribution in [3.05, 3.63) is 33.5 Å². The molecule has 0 aliphatic carbocycles. The fourth-order valence-corrected chi connectivity index (χ4v) is 1.73. The van der Waals surface area contributed by atoms with Crippen LogP contribution in [0.5, 0.6) is 11.5 Å². The highest BCUT2D eigenvalue weighted by atomic mass is 32.1. The lowest BCUT2D eigenvalue weighted by Gasteiger charge is -2.09. The van der Waals surface area contributed by atoms with E-state index in [2.05, 4.69) is 10.2 Å². The minimum Gasteiger partial charge on any atom is -0.497 e. The van der Waals surface area contributed by atoms with Crippen LogP contribution in [0, 0.1) is 4.77 Å². The lowest BCUT2D eigenvalue weighted by molar-refractivity contribution is 0.393. The van der Waals surface area contributed by atoms with Crippen molar-refractivity contribution < 1.29 is 9.47 Å². The number of ether oxygens (including phenoxy) is 2. The highest BCUT2D eigenvalue weighted by Gasteiger charge is 2.10. The van der Waals surface area contributed by atoms with E-state index >= 15 is 0 Å². The third kappa shape index (κ3) is 1.96. The van der Waals surface area contributed by atoms with Crippen LogP contribution in [-0.4, -0.2) is 29.0 Å². The van der Waals surface area contributed by atoms with E-state index in [0.717, 1.165) is 0 Å². The monoisotopic (exact) mass is 253 g/mol. The smallest absolute Gasteiger partial charge is 0.347 e. The molecular formula is C10H11N3O3S. The molecule has 0 unspecified atom stereocenters. The van der Waals surface area contributed by atoms with E-state index in [1.54, 1.807) is 25.3 Å². The Balaban J connectivity index is 2.68. The maximum Gasteiger partial charge on any atom is 0.347 e. The Hall–Kier alpha value is -2.02. The maximum absolute atomic E-state index is 11.6. The van der Waals surface area contributed by atoms with Crippen molar-refractivity contribution in [1.82, 2.24) is 14.8 Å². The lowest BCUT2D eigenvalue weighted by Crippen LogP contribution is -2.15. The zero-order valence-corrected chi connectivity index (χ0v) is 10.1. The second kappa shape index (κ2) is 4.46. The van der Waals surface area contributed by atoms with Crippen molar-refractivity contribution in [2.24, 2.45) is 0 Å². The molecule has 0 aliphatic heterocycles. The molecule has 2 rings (SSSR count). The number of H-pyrrole nitrogens is 2. The number of hydrogen-bond acceptors (Lipinski definition) is 4. The predicted octanol–water partition coefficient (Wildman–Crippen LogP) is 1.24. The van der Waals surface area contributed by atoms with Gasteiger partial charge in [-0.05, 0) is 24.4 Å². The Morgan fingerprint density at radius 3 is 2.53 bits per heavy atom. The van der Waals surface area contributed by atoms with Crippen molar-refractivity contribution in [2.75, 3.05) is 14.2 Å². The summed E-state index contributed by atoms with van der Waals surface area (Å²) < 4.78 is 11.9. The first-order chi connectivity index (χ1) is 8.17. The molecule has 0 saturated heterocycles. The van der Waals surface area contributed by atoms with Crippen molar-refractivity contribution in [1.29, 1.82) is 0 Å². The minimum absolute atomic E-state index is 0.276. The zero-order chi connectivity index (χ0) is 12.4. The Labute approximate surface area is 102 Å². The van der Waals surface area contributed by atoms with Crippen LogP contribution in [-0.2, 0) is 0 Å². The number of benzene rings is 1. The quantitative estimate of drug-likeness (QED) is 0.807. The average molecular weight is 253 g/mol. The molecule has 0 atom stereocenters. The summed E-state index contributed by atoms with van der Waals surface area (Å²) in [7, 11) is 3.08. The largest absolute Gasteiger partial charge is 0.497 e. The normalized spacial score (nSPS) is 10.2. The Morgan fingerprint density at radius 2 is 2.00 bits per heavy atom. The van der Waals surface area contributed by atoms with Crippen LogP contribution < -0.4 is 15.2 Å². The molecule has 17 heavy (non-hydrogen) atoms. The number of aromatic amines is 2. The van der Waals surface area contributed by atoms with E-state index in [1.165, 1.54) is 11.7 Å². The van der Waals surface area contributed by atoms with Crippen LogP contribution in [0.2, 0.25) is 0 Å². The molecule has 2 aromatic rings. The van der Waals surface area contributed by atoms with Gasteiger partial charge in [0.25, 0.3) is 0 Å². The van der Waals surface area contributed by atoms with Crippen molar-refractivity contribution in [3.8, 4) is 17.2 Å². The van der Waals surface area contributed by atoms with E-state index in [4.69, 9.17) is 21.7 Å². The molecule has 0 radical (unpaired) electrons. The third-order valence-electron chi connectivity index (χ3n) is 2.31. The summed E-state index contributed by atoms with van der Waals surface area (Å²) >= 11 is 5.01. The van der Waals surface area contributed by atoms with Gasteiger partial charge in [-0.25, -0.2) is 14.5 Å². The molecule has 1 heterocycles. The van der Waals surface area contributed by atoms with Gasteiger partial charge >= 0.3 is 5.69 Å². The van der Waals surface area contributed by atoms with Crippen molar-refractivity contribution >= 4 is 12.2 Å². The van der Waals surface area contributed by atoms with Gasteiger partial charge < -0.3 is 9.47 Å². The molecule has 1 aromatic carbocycles. The second-order valence-corrected chi connectivity index (χ2v) is 3.62. The Morgan fingerprint density at radius 1 is 1.24 bits per heavy atom. The molecule has 0 amide bonds. The summed E-state index contributed by atoms with van der Waals surface area (Å²) in [5.74, 6) is 1.15. The first-order valence-corrected chi connectivity index (χ1v) is 5.20. The predicted molar refractivity (Wildman–Crippen MR) is 64.7 cm³/mol. The molecule has 6 nitrogen and oxygen atoms in total. The van der Waals surface area contributed by atoms with Gasteiger partial charge in [-0.1, -0.05) is 0 Å². The topological polar surface area (TPSA) is 72.0 Å². The summed E-state index contributed by atoms with van der Waals surface area (Å²) in [5, 5.41) is 4.98. The molecule has 0 fully saturated rings. The maximum atomic E-state index is 11.6. The minimum atomic E-state index is -0.349. The molecule has 0 aliphatic rings. The van der Waals surface area contributed by atoms with E-state index < -0.39 is 0 Å². The van der Waals surface area contributed by atoms with Gasteiger partial charge in [0.1, 0.15) is 11.5 Å². The number of hydrogen-bond donors (Lipinski definition) is 2. The van der Waals surface area contributed by atoms with Crippen molar-refractivity contribution in [2.45, 2.75) is 0 Å². The van der Waals surface area contributed by atoms with E-state index in [-0.39, 0.29) is 10.5 Å². The summed E-state index contributed by atoms with van der Waals surface area (Å²) in [6.45, 7) is 0. The fraction of sp³-hybridized carbons (Fsp3) is 0.200. The van der Waals surface area contributed by atoms with Gasteiger partial charge in [-0.2, -0.15) is 0 Å². The van der Waals surface area contributed by atoms with Gasteiger partial charge in [0.2, 0.25) is 4.77 Å². The summed E-state index contributed by atoms with van der Waals surface area (Å²) in [6.07, 6.45) is 0. The van der Waals surface area contributed by atoms with Crippen molar-refractivity contribution in [3.63, 3.8) is 0 Å². The van der Waals surface area contributed by atoms with Crippen LogP contribution in [0.25, 0.3) is 5.69 Å². The zero-order valence-electron chi connectivity index (χ0n) is 9.31. The molecule has 0 bridgehead atoms. The Bertz CT molecular complexity index is 613. The van der Waals surface area contributed by atoms with Gasteiger partial charge in [0, 0.05) is 6.07 Å². The van der Waals surface area contributed by atoms with Gasteiger partial charge in [0.15, 0.2) is 0 Å². The molecule has 0 saturated carbocycles. The average Bonchev–Trinajstić information content (AvgIpc) is 2.68. The number of aromatic nitrogens is 3. The lowest BCUT2D eigenvalue weighted by atomic mass is 10.2. The van der Waals surface area contributed by atoms with Crippen LogP contribution in [0.3, 0.4) is 0 Å². The van der Waals surface area contributed by atoms with Gasteiger partial charge in [-0.15, -0.1) is 0 Å². The van der Waals surface area contributed by atoms with E-state index in [9.17, 15) is 4.79 Å². The molecule has 1 aromatic heterocycles. The number of methoxy groups -OCH3 is 2. The van der Waals surface area contributed by atoms with Crippen LogP contribution >= 0.6 is 12.2 Å². The number of nitrogens with zero attached hydrogens (tertiary/aromatic N) is 1. The number of rotatable bonds is 3. The molecule has 2 N–H and O–H groups in total.